The van der Waals surface area contributed by atoms with Crippen LogP contribution in [0.15, 0.2) is 52.3 Å². The molecule has 0 spiro atoms. The van der Waals surface area contributed by atoms with Crippen LogP contribution in [0.4, 0.5) is 5.69 Å². The van der Waals surface area contributed by atoms with Crippen molar-refractivity contribution in [1.82, 2.24) is 5.32 Å². The highest BCUT2D eigenvalue weighted by Crippen LogP contribution is 2.37. The maximum absolute atomic E-state index is 12.8. The van der Waals surface area contributed by atoms with Gasteiger partial charge in [0, 0.05) is 17.4 Å². The first kappa shape index (κ1) is 23.1. The molecule has 166 valence electrons. The fourth-order valence-corrected chi connectivity index (χ4v) is 5.62. The predicted octanol–water partition coefficient (Wildman–Crippen LogP) is 3.24. The molecule has 3 rings (SSSR count). The summed E-state index contributed by atoms with van der Waals surface area (Å²) in [5.41, 5.74) is 1.38. The number of amides is 2. The van der Waals surface area contributed by atoms with E-state index in [9.17, 15) is 18.0 Å². The summed E-state index contributed by atoms with van der Waals surface area (Å²) < 4.78 is 31.1. The van der Waals surface area contributed by atoms with Crippen molar-refractivity contribution in [2.24, 2.45) is 5.92 Å². The molecule has 2 amide bonds. The van der Waals surface area contributed by atoms with Crippen molar-refractivity contribution in [1.29, 1.82) is 0 Å². The lowest BCUT2D eigenvalue weighted by atomic mass is 10.2. The van der Waals surface area contributed by atoms with Crippen LogP contribution in [0.25, 0.3) is 0 Å². The minimum atomic E-state index is -3.70. The van der Waals surface area contributed by atoms with E-state index < -0.39 is 15.8 Å². The molecule has 1 aliphatic heterocycles. The Labute approximate surface area is 186 Å². The molecule has 31 heavy (non-hydrogen) atoms. The van der Waals surface area contributed by atoms with Gasteiger partial charge in [0.1, 0.15) is 5.75 Å². The number of nitrogens with one attached hydrogen (secondary N) is 2. The van der Waals surface area contributed by atoms with Crippen LogP contribution in [0.2, 0.25) is 0 Å². The number of hydrogen-bond acceptors (Lipinski definition) is 6. The lowest BCUT2D eigenvalue weighted by molar-refractivity contribution is -0.124. The fraction of sp³-hybridized carbons (Fsp3) is 0.364. The topological polar surface area (TPSA) is 102 Å². The van der Waals surface area contributed by atoms with E-state index in [1.807, 2.05) is 31.2 Å². The smallest absolute Gasteiger partial charge is 0.237 e. The number of hydrogen-bond donors (Lipinski definition) is 2. The van der Waals surface area contributed by atoms with Crippen LogP contribution in [0.3, 0.4) is 0 Å². The van der Waals surface area contributed by atoms with E-state index in [0.717, 1.165) is 16.2 Å². The third-order valence-electron chi connectivity index (χ3n) is 4.86. The number of anilines is 1. The van der Waals surface area contributed by atoms with Crippen LogP contribution >= 0.6 is 11.8 Å². The number of fused-ring (bicyclic) bond motifs is 1. The number of thioether (sulfide) groups is 1. The number of carbonyl (C=O) groups excluding carboxylic acids is 2. The zero-order valence-corrected chi connectivity index (χ0v) is 19.3. The van der Waals surface area contributed by atoms with Crippen LogP contribution in [0.5, 0.6) is 5.75 Å². The van der Waals surface area contributed by atoms with Gasteiger partial charge in [-0.15, -0.1) is 11.8 Å². The van der Waals surface area contributed by atoms with Gasteiger partial charge in [0.05, 0.1) is 28.2 Å². The van der Waals surface area contributed by atoms with Crippen molar-refractivity contribution in [3.05, 3.63) is 48.0 Å². The lowest BCUT2D eigenvalue weighted by Crippen LogP contribution is -2.32. The van der Waals surface area contributed by atoms with E-state index in [1.54, 1.807) is 19.9 Å². The first-order valence-electron chi connectivity index (χ1n) is 10.0. The number of ether oxygens (including phenoxy) is 1. The second kappa shape index (κ2) is 9.74. The number of carbonyl (C=O) groups is 2. The van der Waals surface area contributed by atoms with Gasteiger partial charge in [-0.2, -0.15) is 0 Å². The molecule has 1 heterocycles. The molecule has 0 radical (unpaired) electrons. The van der Waals surface area contributed by atoms with E-state index in [-0.39, 0.29) is 27.7 Å². The number of benzene rings is 2. The van der Waals surface area contributed by atoms with E-state index in [4.69, 9.17) is 4.74 Å². The molecule has 1 aliphatic rings. The third kappa shape index (κ3) is 5.80. The number of sulfone groups is 1. The van der Waals surface area contributed by atoms with Crippen LogP contribution in [-0.2, 0) is 26.0 Å². The maximum atomic E-state index is 12.8. The van der Waals surface area contributed by atoms with Gasteiger partial charge in [-0.05, 0) is 49.7 Å². The quantitative estimate of drug-likeness (QED) is 0.625. The molecule has 2 aromatic rings. The minimum absolute atomic E-state index is 0.0906. The summed E-state index contributed by atoms with van der Waals surface area (Å²) in [4.78, 5) is 25.2. The monoisotopic (exact) mass is 462 g/mol. The summed E-state index contributed by atoms with van der Waals surface area (Å²) in [6.45, 7) is 6.17. The van der Waals surface area contributed by atoms with Gasteiger partial charge in [-0.25, -0.2) is 8.42 Å². The van der Waals surface area contributed by atoms with Gasteiger partial charge in [-0.1, -0.05) is 19.1 Å². The highest BCUT2D eigenvalue weighted by atomic mass is 32.2. The van der Waals surface area contributed by atoms with Crippen LogP contribution in [0, 0.1) is 5.92 Å². The Bertz CT molecular complexity index is 1070. The average Bonchev–Trinajstić information content (AvgIpc) is 2.73. The lowest BCUT2D eigenvalue weighted by Gasteiger charge is -2.22. The summed E-state index contributed by atoms with van der Waals surface area (Å²) in [6.07, 6.45) is 0. The normalized spacial score (nSPS) is 16.7. The van der Waals surface area contributed by atoms with Crippen molar-refractivity contribution < 1.29 is 22.7 Å². The van der Waals surface area contributed by atoms with Crippen LogP contribution in [0.1, 0.15) is 26.3 Å². The van der Waals surface area contributed by atoms with Crippen molar-refractivity contribution in [2.45, 2.75) is 42.4 Å². The Morgan fingerprint density at radius 2 is 1.94 bits per heavy atom. The summed E-state index contributed by atoms with van der Waals surface area (Å²) >= 11 is 1.39. The molecule has 0 aromatic heterocycles. The minimum Gasteiger partial charge on any atom is -0.494 e. The molecule has 2 atom stereocenters. The Morgan fingerprint density at radius 1 is 1.23 bits per heavy atom. The molecule has 7 nitrogen and oxygen atoms in total. The average molecular weight is 463 g/mol. The SMILES string of the molecule is CCOc1ccc(CNC(=O)C(C)CS(=O)(=O)c2ccc3c(c2)NC(=O)C(C)S3)cc1. The Hall–Kier alpha value is -2.52. The fourth-order valence-electron chi connectivity index (χ4n) is 3.12. The van der Waals surface area contributed by atoms with E-state index in [0.29, 0.717) is 18.8 Å². The van der Waals surface area contributed by atoms with Gasteiger partial charge in [-0.3, -0.25) is 9.59 Å². The molecule has 2 unspecified atom stereocenters. The Morgan fingerprint density at radius 3 is 2.61 bits per heavy atom. The first-order valence-corrected chi connectivity index (χ1v) is 12.6. The molecule has 0 saturated carbocycles. The molecule has 0 saturated heterocycles. The standard InChI is InChI=1S/C22H26N2O5S2/c1-4-29-17-7-5-16(6-8-17)12-23-21(25)14(2)13-31(27,28)18-9-10-20-19(11-18)24-22(26)15(3)30-20/h5-11,14-15H,4,12-13H2,1-3H3,(H,23,25)(H,24,26). The molecule has 2 N–H and O–H groups in total. The predicted molar refractivity (Wildman–Crippen MR) is 121 cm³/mol. The molecule has 0 fully saturated rings. The Balaban J connectivity index is 1.61. The van der Waals surface area contributed by atoms with Crippen molar-refractivity contribution >= 4 is 39.1 Å². The van der Waals surface area contributed by atoms with Gasteiger partial charge >= 0.3 is 0 Å². The molecule has 2 aromatic carbocycles. The molecule has 0 aliphatic carbocycles. The van der Waals surface area contributed by atoms with Gasteiger partial charge in [0.15, 0.2) is 9.84 Å². The first-order chi connectivity index (χ1) is 14.7. The zero-order chi connectivity index (χ0) is 22.6. The summed E-state index contributed by atoms with van der Waals surface area (Å²) in [5, 5.41) is 5.29. The van der Waals surface area contributed by atoms with Crippen molar-refractivity contribution in [2.75, 3.05) is 17.7 Å². The largest absolute Gasteiger partial charge is 0.494 e. The molecular formula is C22H26N2O5S2. The maximum Gasteiger partial charge on any atom is 0.237 e. The Kier molecular flexibility index (Phi) is 7.27. The highest BCUT2D eigenvalue weighted by Gasteiger charge is 2.27. The summed E-state index contributed by atoms with van der Waals surface area (Å²) in [5.74, 6) is -0.792. The molecule has 0 bridgehead atoms. The molecule has 9 heteroatoms. The van der Waals surface area contributed by atoms with Crippen molar-refractivity contribution in [3.8, 4) is 5.75 Å². The molecular weight excluding hydrogens is 436 g/mol. The van der Waals surface area contributed by atoms with Gasteiger partial charge in [0.2, 0.25) is 11.8 Å². The second-order valence-electron chi connectivity index (χ2n) is 7.38. The van der Waals surface area contributed by atoms with Gasteiger partial charge < -0.3 is 15.4 Å². The van der Waals surface area contributed by atoms with E-state index >= 15 is 0 Å². The van der Waals surface area contributed by atoms with Gasteiger partial charge in [0.25, 0.3) is 0 Å². The van der Waals surface area contributed by atoms with E-state index in [2.05, 4.69) is 10.6 Å². The summed E-state index contributed by atoms with van der Waals surface area (Å²) in [7, 11) is -3.70. The number of rotatable bonds is 8. The summed E-state index contributed by atoms with van der Waals surface area (Å²) in [6, 6.07) is 12.0. The third-order valence-corrected chi connectivity index (χ3v) is 7.95. The highest BCUT2D eigenvalue weighted by molar-refractivity contribution is 8.01. The van der Waals surface area contributed by atoms with Crippen molar-refractivity contribution in [3.63, 3.8) is 0 Å². The van der Waals surface area contributed by atoms with E-state index in [1.165, 1.54) is 23.9 Å². The second-order valence-corrected chi connectivity index (χ2v) is 10.8. The zero-order valence-electron chi connectivity index (χ0n) is 17.7. The van der Waals surface area contributed by atoms with Crippen LogP contribution in [-0.4, -0.2) is 37.8 Å². The van der Waals surface area contributed by atoms with Crippen LogP contribution < -0.4 is 15.4 Å².